The van der Waals surface area contributed by atoms with Gasteiger partial charge in [0.1, 0.15) is 0 Å². The monoisotopic (exact) mass is 356 g/mol. The van der Waals surface area contributed by atoms with Crippen molar-refractivity contribution in [3.63, 3.8) is 0 Å². The van der Waals surface area contributed by atoms with E-state index in [0.717, 1.165) is 30.0 Å². The molecule has 0 spiro atoms. The zero-order valence-electron chi connectivity index (χ0n) is 14.6. The molecule has 1 aromatic carbocycles. The van der Waals surface area contributed by atoms with Crippen molar-refractivity contribution < 1.29 is 9.59 Å². The maximum atomic E-state index is 12.9. The highest BCUT2D eigenvalue weighted by Gasteiger charge is 2.28. The molecule has 0 N–H and O–H groups in total. The molecule has 1 unspecified atom stereocenters. The average Bonchev–Trinajstić information content (AvgIpc) is 3.19. The number of thiophene rings is 1. The van der Waals surface area contributed by atoms with Crippen molar-refractivity contribution in [1.29, 1.82) is 0 Å². The molecule has 1 aliphatic heterocycles. The highest BCUT2D eigenvalue weighted by atomic mass is 32.1. The van der Waals surface area contributed by atoms with E-state index in [4.69, 9.17) is 0 Å². The minimum Gasteiger partial charge on any atom is -0.340 e. The molecule has 0 bridgehead atoms. The van der Waals surface area contributed by atoms with Crippen LogP contribution in [0.5, 0.6) is 0 Å². The molecule has 2 aromatic rings. The SMILES string of the molecule is CCC(C(=O)N1CCN(CC(=O)c2cccs2)CC1)c1ccccc1. The number of benzene rings is 1. The van der Waals surface area contributed by atoms with Crippen molar-refractivity contribution in [3.05, 3.63) is 58.3 Å². The van der Waals surface area contributed by atoms with E-state index in [1.54, 1.807) is 0 Å². The van der Waals surface area contributed by atoms with Crippen LogP contribution in [0, 0.1) is 0 Å². The smallest absolute Gasteiger partial charge is 0.230 e. The molecule has 0 radical (unpaired) electrons. The lowest BCUT2D eigenvalue weighted by atomic mass is 9.95. The molecule has 1 aromatic heterocycles. The van der Waals surface area contributed by atoms with Crippen LogP contribution in [-0.2, 0) is 4.79 Å². The van der Waals surface area contributed by atoms with Crippen molar-refractivity contribution in [1.82, 2.24) is 9.80 Å². The number of Topliss-reactive ketones (excluding diaryl/α,β-unsaturated/α-hetero) is 1. The molecule has 25 heavy (non-hydrogen) atoms. The van der Waals surface area contributed by atoms with Gasteiger partial charge in [-0.1, -0.05) is 43.3 Å². The van der Waals surface area contributed by atoms with Crippen LogP contribution >= 0.6 is 11.3 Å². The fraction of sp³-hybridized carbons (Fsp3) is 0.400. The summed E-state index contributed by atoms with van der Waals surface area (Å²) in [5, 5.41) is 1.93. The van der Waals surface area contributed by atoms with Crippen molar-refractivity contribution in [2.45, 2.75) is 19.3 Å². The zero-order valence-corrected chi connectivity index (χ0v) is 15.4. The van der Waals surface area contributed by atoms with E-state index >= 15 is 0 Å². The summed E-state index contributed by atoms with van der Waals surface area (Å²) < 4.78 is 0. The van der Waals surface area contributed by atoms with Crippen LogP contribution in [0.4, 0.5) is 0 Å². The molecule has 3 rings (SSSR count). The Morgan fingerprint density at radius 2 is 1.76 bits per heavy atom. The van der Waals surface area contributed by atoms with Crippen LogP contribution in [0.2, 0.25) is 0 Å². The van der Waals surface area contributed by atoms with Crippen LogP contribution in [-0.4, -0.2) is 54.2 Å². The molecule has 1 amide bonds. The van der Waals surface area contributed by atoms with E-state index in [1.165, 1.54) is 11.3 Å². The van der Waals surface area contributed by atoms with Crippen LogP contribution in [0.15, 0.2) is 47.8 Å². The Bertz CT molecular complexity index is 692. The Balaban J connectivity index is 1.54. The van der Waals surface area contributed by atoms with Gasteiger partial charge >= 0.3 is 0 Å². The predicted molar refractivity (Wildman–Crippen MR) is 101 cm³/mol. The number of hydrogen-bond donors (Lipinski definition) is 0. The van der Waals surface area contributed by atoms with Gasteiger partial charge in [0, 0.05) is 26.2 Å². The van der Waals surface area contributed by atoms with Crippen LogP contribution in [0.1, 0.15) is 34.5 Å². The molecule has 2 heterocycles. The van der Waals surface area contributed by atoms with Crippen molar-refractivity contribution in [3.8, 4) is 0 Å². The third kappa shape index (κ3) is 4.35. The Kier molecular flexibility index (Phi) is 6.00. The second-order valence-corrected chi connectivity index (χ2v) is 7.32. The van der Waals surface area contributed by atoms with Gasteiger partial charge in [0.2, 0.25) is 5.91 Å². The summed E-state index contributed by atoms with van der Waals surface area (Å²) in [4.78, 5) is 30.0. The molecule has 0 aliphatic carbocycles. The highest BCUT2D eigenvalue weighted by Crippen LogP contribution is 2.22. The molecule has 1 aliphatic rings. The Labute approximate surface area is 153 Å². The maximum Gasteiger partial charge on any atom is 0.230 e. The lowest BCUT2D eigenvalue weighted by molar-refractivity contribution is -0.134. The summed E-state index contributed by atoms with van der Waals surface area (Å²) in [6, 6.07) is 13.8. The Morgan fingerprint density at radius 3 is 2.36 bits per heavy atom. The van der Waals surface area contributed by atoms with E-state index < -0.39 is 0 Å². The standard InChI is InChI=1S/C20H24N2O2S/c1-2-17(16-7-4-3-5-8-16)20(24)22-12-10-21(11-13-22)15-18(23)19-9-6-14-25-19/h3-9,14,17H,2,10-13,15H2,1H3. The van der Waals surface area contributed by atoms with E-state index in [-0.39, 0.29) is 17.6 Å². The normalized spacial score (nSPS) is 16.6. The van der Waals surface area contributed by atoms with Crippen LogP contribution in [0.25, 0.3) is 0 Å². The second kappa shape index (κ2) is 8.41. The second-order valence-electron chi connectivity index (χ2n) is 6.37. The van der Waals surface area contributed by atoms with Gasteiger partial charge in [0.15, 0.2) is 5.78 Å². The minimum absolute atomic E-state index is 0.0690. The summed E-state index contributed by atoms with van der Waals surface area (Å²) in [5.74, 6) is 0.309. The van der Waals surface area contributed by atoms with Crippen LogP contribution < -0.4 is 0 Å². The number of nitrogens with zero attached hydrogens (tertiary/aromatic N) is 2. The van der Waals surface area contributed by atoms with Crippen molar-refractivity contribution in [2.24, 2.45) is 0 Å². The predicted octanol–water partition coefficient (Wildman–Crippen LogP) is 3.27. The first kappa shape index (κ1) is 17.8. The summed E-state index contributed by atoms with van der Waals surface area (Å²) in [6.07, 6.45) is 0.805. The first-order valence-electron chi connectivity index (χ1n) is 8.82. The van der Waals surface area contributed by atoms with Gasteiger partial charge in [-0.3, -0.25) is 14.5 Å². The van der Waals surface area contributed by atoms with Gasteiger partial charge in [0.25, 0.3) is 0 Å². The molecule has 132 valence electrons. The topological polar surface area (TPSA) is 40.6 Å². The first-order chi connectivity index (χ1) is 12.2. The Hall–Kier alpha value is -1.98. The summed E-state index contributed by atoms with van der Waals surface area (Å²) in [7, 11) is 0. The molecular weight excluding hydrogens is 332 g/mol. The fourth-order valence-electron chi connectivity index (χ4n) is 3.30. The van der Waals surface area contributed by atoms with E-state index in [2.05, 4.69) is 11.8 Å². The van der Waals surface area contributed by atoms with Crippen molar-refractivity contribution in [2.75, 3.05) is 32.7 Å². The minimum atomic E-state index is -0.0690. The highest BCUT2D eigenvalue weighted by molar-refractivity contribution is 7.12. The number of carbonyl (C=O) groups excluding carboxylic acids is 2. The third-order valence-corrected chi connectivity index (χ3v) is 5.67. The van der Waals surface area contributed by atoms with Crippen LogP contribution in [0.3, 0.4) is 0 Å². The lowest BCUT2D eigenvalue weighted by Gasteiger charge is -2.36. The van der Waals surface area contributed by atoms with E-state index in [0.29, 0.717) is 19.6 Å². The fourth-order valence-corrected chi connectivity index (χ4v) is 3.96. The van der Waals surface area contributed by atoms with Gasteiger partial charge in [-0.15, -0.1) is 11.3 Å². The maximum absolute atomic E-state index is 12.9. The summed E-state index contributed by atoms with van der Waals surface area (Å²) in [6.45, 7) is 5.41. The molecule has 4 nitrogen and oxygen atoms in total. The molecular formula is C20H24N2O2S. The van der Waals surface area contributed by atoms with Gasteiger partial charge in [-0.2, -0.15) is 0 Å². The molecule has 1 saturated heterocycles. The van der Waals surface area contributed by atoms with Crippen molar-refractivity contribution >= 4 is 23.0 Å². The number of carbonyl (C=O) groups is 2. The number of ketones is 1. The number of hydrogen-bond acceptors (Lipinski definition) is 4. The quantitative estimate of drug-likeness (QED) is 0.746. The summed E-state index contributed by atoms with van der Waals surface area (Å²) in [5.41, 5.74) is 1.09. The third-order valence-electron chi connectivity index (χ3n) is 4.76. The van der Waals surface area contributed by atoms with Gasteiger partial charge in [0.05, 0.1) is 17.3 Å². The first-order valence-corrected chi connectivity index (χ1v) is 9.69. The number of piperazine rings is 1. The molecule has 5 heteroatoms. The van der Waals surface area contributed by atoms with E-state index in [1.807, 2.05) is 52.7 Å². The van der Waals surface area contributed by atoms with Gasteiger partial charge in [-0.05, 0) is 23.4 Å². The molecule has 0 saturated carbocycles. The molecule has 1 fully saturated rings. The number of amides is 1. The van der Waals surface area contributed by atoms with Gasteiger partial charge < -0.3 is 4.90 Å². The van der Waals surface area contributed by atoms with E-state index in [9.17, 15) is 9.59 Å². The zero-order chi connectivity index (χ0) is 17.6. The van der Waals surface area contributed by atoms with Gasteiger partial charge in [-0.25, -0.2) is 0 Å². The Morgan fingerprint density at radius 1 is 1.04 bits per heavy atom. The molecule has 1 atom stereocenters. The largest absolute Gasteiger partial charge is 0.340 e. The average molecular weight is 356 g/mol. The summed E-state index contributed by atoms with van der Waals surface area (Å²) >= 11 is 1.49. The number of rotatable bonds is 6. The lowest BCUT2D eigenvalue weighted by Crippen LogP contribution is -2.51.